The van der Waals surface area contributed by atoms with Gasteiger partial charge < -0.3 is 25.7 Å². The lowest BCUT2D eigenvalue weighted by molar-refractivity contribution is -0.139. The summed E-state index contributed by atoms with van der Waals surface area (Å²) in [5, 5.41) is 31.2. The first-order chi connectivity index (χ1) is 19.1. The number of benzene rings is 1. The van der Waals surface area contributed by atoms with E-state index in [1.807, 2.05) is 6.07 Å². The van der Waals surface area contributed by atoms with Gasteiger partial charge in [0.2, 0.25) is 0 Å². The van der Waals surface area contributed by atoms with Crippen LogP contribution >= 0.6 is 0 Å². The van der Waals surface area contributed by atoms with E-state index in [1.54, 1.807) is 43.9 Å². The Morgan fingerprint density at radius 2 is 2.00 bits per heavy atom. The number of carbonyl (C=O) groups is 2. The summed E-state index contributed by atoms with van der Waals surface area (Å²) in [5.74, 6) is -0.487. The van der Waals surface area contributed by atoms with E-state index in [9.17, 15) is 19.8 Å². The largest absolute Gasteiger partial charge is 0.480 e. The molecule has 4 rings (SSSR count). The second-order valence-corrected chi connectivity index (χ2v) is 11.4. The van der Waals surface area contributed by atoms with Gasteiger partial charge >= 0.3 is 5.97 Å². The monoisotopic (exact) mass is 550 g/mol. The molecule has 1 atom stereocenters. The third-order valence-electron chi connectivity index (χ3n) is 7.52. The van der Waals surface area contributed by atoms with Gasteiger partial charge in [-0.3, -0.25) is 9.48 Å². The van der Waals surface area contributed by atoms with Crippen molar-refractivity contribution in [1.82, 2.24) is 25.0 Å². The molecule has 10 heteroatoms. The fourth-order valence-corrected chi connectivity index (χ4v) is 5.10. The Hall–Kier alpha value is -3.50. The van der Waals surface area contributed by atoms with Crippen molar-refractivity contribution < 1.29 is 19.8 Å². The molecule has 1 aliphatic heterocycles. The molecule has 10 nitrogen and oxygen atoms in total. The second-order valence-electron chi connectivity index (χ2n) is 11.4. The number of unbranched alkanes of at least 4 members (excludes halogenated alkanes) is 1. The Kier molecular flexibility index (Phi) is 9.76. The number of hydrogen-bond donors (Lipinski definition) is 4. The zero-order valence-electron chi connectivity index (χ0n) is 23.8. The summed E-state index contributed by atoms with van der Waals surface area (Å²) in [6, 6.07) is 8.58. The minimum absolute atomic E-state index is 0.258. The molecule has 0 fully saturated rings. The molecular formula is C30H42N6O4. The van der Waals surface area contributed by atoms with Crippen molar-refractivity contribution in [2.75, 3.05) is 31.5 Å². The summed E-state index contributed by atoms with van der Waals surface area (Å²) in [5.41, 5.74) is 2.75. The first kappa shape index (κ1) is 29.5. The molecule has 0 aliphatic carbocycles. The van der Waals surface area contributed by atoms with Crippen LogP contribution in [0.15, 0.2) is 36.5 Å². The second kappa shape index (κ2) is 13.2. The third kappa shape index (κ3) is 8.02. The number of aryl methyl sites for hydroxylation is 3. The van der Waals surface area contributed by atoms with Gasteiger partial charge in [-0.05, 0) is 89.1 Å². The molecule has 0 radical (unpaired) electrons. The highest BCUT2D eigenvalue weighted by atomic mass is 16.4. The summed E-state index contributed by atoms with van der Waals surface area (Å²) in [4.78, 5) is 32.1. The van der Waals surface area contributed by atoms with Crippen LogP contribution in [0.3, 0.4) is 0 Å². The molecule has 0 bridgehead atoms. The number of aliphatic carboxylic acids is 1. The highest BCUT2D eigenvalue weighted by molar-refractivity contribution is 6.07. The lowest BCUT2D eigenvalue weighted by atomic mass is 10.0. The molecule has 1 unspecified atom stereocenters. The van der Waals surface area contributed by atoms with Crippen LogP contribution in [0.5, 0.6) is 0 Å². The number of pyridine rings is 1. The fourth-order valence-electron chi connectivity index (χ4n) is 5.10. The van der Waals surface area contributed by atoms with E-state index in [-0.39, 0.29) is 6.42 Å². The predicted octanol–water partition coefficient (Wildman–Crippen LogP) is 3.39. The molecule has 3 aromatic rings. The van der Waals surface area contributed by atoms with Crippen LogP contribution in [0, 0.1) is 0 Å². The first-order valence-corrected chi connectivity index (χ1v) is 14.2. The van der Waals surface area contributed by atoms with Crippen molar-refractivity contribution in [3.8, 4) is 0 Å². The predicted molar refractivity (Wildman–Crippen MR) is 156 cm³/mol. The molecule has 0 saturated heterocycles. The Morgan fingerprint density at radius 1 is 1.18 bits per heavy atom. The smallest absolute Gasteiger partial charge is 0.326 e. The van der Waals surface area contributed by atoms with Crippen LogP contribution in [-0.2, 0) is 24.7 Å². The van der Waals surface area contributed by atoms with Gasteiger partial charge in [0.05, 0.1) is 22.9 Å². The number of hydrogen-bond acceptors (Lipinski definition) is 7. The molecule has 40 heavy (non-hydrogen) atoms. The molecule has 1 aromatic carbocycles. The molecule has 3 heterocycles. The molecule has 0 spiro atoms. The molecule has 216 valence electrons. The van der Waals surface area contributed by atoms with Crippen molar-refractivity contribution in [3.63, 3.8) is 0 Å². The van der Waals surface area contributed by atoms with Crippen LogP contribution in [-0.4, -0.2) is 79.6 Å². The standard InChI is InChI=1S/C30H42N6O4/c1-30(2,40)15-19-36(17-5-4-9-22-13-12-21-8-7-16-31-27(21)33-22)18-14-25(29(38)39)34-28(37)23-10-6-11-26-24(23)20-32-35(26)3/h6,10-13,20,25,40H,4-5,7-9,14-19H2,1-3H3,(H,31,33)(H,34,37)(H,38,39). The van der Waals surface area contributed by atoms with Crippen LogP contribution in [0.4, 0.5) is 5.82 Å². The molecule has 1 aliphatic rings. The van der Waals surface area contributed by atoms with Gasteiger partial charge in [0.15, 0.2) is 0 Å². The van der Waals surface area contributed by atoms with Gasteiger partial charge in [0, 0.05) is 37.8 Å². The number of aromatic nitrogens is 3. The maximum Gasteiger partial charge on any atom is 0.326 e. The van der Waals surface area contributed by atoms with Crippen molar-refractivity contribution in [2.24, 2.45) is 7.05 Å². The van der Waals surface area contributed by atoms with Crippen LogP contribution in [0.2, 0.25) is 0 Å². The fraction of sp³-hybridized carbons (Fsp3) is 0.533. The van der Waals surface area contributed by atoms with Gasteiger partial charge in [0.1, 0.15) is 11.9 Å². The highest BCUT2D eigenvalue weighted by Gasteiger charge is 2.24. The van der Waals surface area contributed by atoms with Gasteiger partial charge in [-0.1, -0.05) is 12.1 Å². The topological polar surface area (TPSA) is 133 Å². The van der Waals surface area contributed by atoms with Crippen LogP contribution in [0.25, 0.3) is 10.9 Å². The SMILES string of the molecule is Cn1ncc2c(C(=O)NC(CCN(CCCCc3ccc4c(n3)NCCC4)CCC(C)(C)O)C(=O)O)cccc21. The molecule has 1 amide bonds. The van der Waals surface area contributed by atoms with E-state index in [0.29, 0.717) is 30.5 Å². The maximum atomic E-state index is 13.1. The zero-order chi connectivity index (χ0) is 28.7. The minimum Gasteiger partial charge on any atom is -0.480 e. The number of carbonyl (C=O) groups excluding carboxylic acids is 1. The lowest BCUT2D eigenvalue weighted by Crippen LogP contribution is -2.43. The van der Waals surface area contributed by atoms with Crippen LogP contribution < -0.4 is 10.6 Å². The summed E-state index contributed by atoms with van der Waals surface area (Å²) in [7, 11) is 1.80. The van der Waals surface area contributed by atoms with Crippen molar-refractivity contribution in [3.05, 3.63) is 53.3 Å². The van der Waals surface area contributed by atoms with Gasteiger partial charge in [-0.2, -0.15) is 5.10 Å². The average molecular weight is 551 g/mol. The Balaban J connectivity index is 1.33. The number of fused-ring (bicyclic) bond motifs is 2. The highest BCUT2D eigenvalue weighted by Crippen LogP contribution is 2.21. The number of amides is 1. The normalized spacial score (nSPS) is 14.1. The minimum atomic E-state index is -1.07. The lowest BCUT2D eigenvalue weighted by Gasteiger charge is -2.27. The summed E-state index contributed by atoms with van der Waals surface area (Å²) in [6.45, 7) is 6.43. The van der Waals surface area contributed by atoms with E-state index >= 15 is 0 Å². The van der Waals surface area contributed by atoms with Gasteiger partial charge in [-0.15, -0.1) is 0 Å². The van der Waals surface area contributed by atoms with Crippen LogP contribution in [0.1, 0.15) is 67.6 Å². The summed E-state index contributed by atoms with van der Waals surface area (Å²) in [6.07, 6.45) is 7.41. The molecule has 0 saturated carbocycles. The number of carboxylic acids is 1. The quantitative estimate of drug-likeness (QED) is 0.225. The Labute approximate surface area is 235 Å². The number of carboxylic acid groups (broad SMARTS) is 1. The average Bonchev–Trinajstić information content (AvgIpc) is 3.31. The Morgan fingerprint density at radius 3 is 2.77 bits per heavy atom. The molecular weight excluding hydrogens is 508 g/mol. The van der Waals surface area contributed by atoms with Gasteiger partial charge in [-0.25, -0.2) is 9.78 Å². The van der Waals surface area contributed by atoms with E-state index in [0.717, 1.165) is 62.2 Å². The molecule has 4 N–H and O–H groups in total. The van der Waals surface area contributed by atoms with E-state index in [4.69, 9.17) is 4.98 Å². The number of anilines is 1. The first-order valence-electron chi connectivity index (χ1n) is 14.2. The number of nitrogens with one attached hydrogen (secondary N) is 2. The zero-order valence-corrected chi connectivity index (χ0v) is 23.8. The van der Waals surface area contributed by atoms with Crippen molar-refractivity contribution >= 4 is 28.6 Å². The third-order valence-corrected chi connectivity index (χ3v) is 7.52. The van der Waals surface area contributed by atoms with Gasteiger partial charge in [0.25, 0.3) is 5.91 Å². The summed E-state index contributed by atoms with van der Waals surface area (Å²) >= 11 is 0. The Bertz CT molecular complexity index is 1320. The van der Waals surface area contributed by atoms with Crippen molar-refractivity contribution in [1.29, 1.82) is 0 Å². The van der Waals surface area contributed by atoms with Crippen molar-refractivity contribution in [2.45, 2.75) is 70.4 Å². The maximum absolute atomic E-state index is 13.1. The van der Waals surface area contributed by atoms with E-state index < -0.39 is 23.5 Å². The number of rotatable bonds is 14. The van der Waals surface area contributed by atoms with E-state index in [2.05, 4.69) is 32.8 Å². The van der Waals surface area contributed by atoms with E-state index in [1.165, 1.54) is 5.56 Å². The molecule has 2 aromatic heterocycles. The number of aliphatic hydroxyl groups is 1. The summed E-state index contributed by atoms with van der Waals surface area (Å²) < 4.78 is 1.68. The number of nitrogens with zero attached hydrogens (tertiary/aromatic N) is 4.